The van der Waals surface area contributed by atoms with Gasteiger partial charge in [0.25, 0.3) is 0 Å². The summed E-state index contributed by atoms with van der Waals surface area (Å²) >= 11 is 0. The summed E-state index contributed by atoms with van der Waals surface area (Å²) in [6, 6.07) is 14.4. The van der Waals surface area contributed by atoms with Gasteiger partial charge in [0, 0.05) is 18.8 Å². The van der Waals surface area contributed by atoms with E-state index in [0.29, 0.717) is 0 Å². The van der Waals surface area contributed by atoms with Gasteiger partial charge in [-0.25, -0.2) is 4.98 Å². The maximum atomic E-state index is 6.22. The summed E-state index contributed by atoms with van der Waals surface area (Å²) in [5.74, 6) is 0.952. The zero-order valence-corrected chi connectivity index (χ0v) is 16.5. The van der Waals surface area contributed by atoms with Crippen molar-refractivity contribution in [3.8, 4) is 5.75 Å². The highest BCUT2D eigenvalue weighted by atomic mass is 28.4. The lowest BCUT2D eigenvalue weighted by Gasteiger charge is -2.22. The fourth-order valence-electron chi connectivity index (χ4n) is 2.75. The Kier molecular flexibility index (Phi) is 4.77. The number of aryl methyl sites for hydroxylation is 1. The summed E-state index contributed by atoms with van der Waals surface area (Å²) in [6.07, 6.45) is 3.76. The lowest BCUT2D eigenvalue weighted by Crippen LogP contribution is -2.29. The second kappa shape index (κ2) is 6.84. The van der Waals surface area contributed by atoms with Crippen LogP contribution in [-0.2, 0) is 7.05 Å². The average Bonchev–Trinajstić information content (AvgIpc) is 2.92. The van der Waals surface area contributed by atoms with Crippen molar-refractivity contribution in [3.05, 3.63) is 59.9 Å². The number of hydrogen-bond donors (Lipinski definition) is 0. The summed E-state index contributed by atoms with van der Waals surface area (Å²) < 4.78 is 8.24. The maximum Gasteiger partial charge on any atom is 0.242 e. The fraction of sp³-hybridized carbons (Fsp3) is 0.300. The smallest absolute Gasteiger partial charge is 0.242 e. The standard InChI is InChI=1S/C20H25N3OSi/c1-15(17-8-6-7-9-20(17)24-25(3,4)5)21-13-16-10-11-18-19(12-16)23(2)14-22-18/h6-15H,1-5H3/b21-13+. The van der Waals surface area contributed by atoms with Crippen LogP contribution in [-0.4, -0.2) is 24.1 Å². The van der Waals surface area contributed by atoms with E-state index in [2.05, 4.69) is 49.7 Å². The lowest BCUT2D eigenvalue weighted by molar-refractivity contribution is 0.543. The number of hydrogen-bond acceptors (Lipinski definition) is 3. The molecule has 0 radical (unpaired) electrons. The van der Waals surface area contributed by atoms with Gasteiger partial charge < -0.3 is 8.99 Å². The van der Waals surface area contributed by atoms with Crippen LogP contribution >= 0.6 is 0 Å². The molecule has 0 aliphatic heterocycles. The number of benzene rings is 2. The molecule has 0 spiro atoms. The van der Waals surface area contributed by atoms with Crippen LogP contribution in [0.3, 0.4) is 0 Å². The predicted molar refractivity (Wildman–Crippen MR) is 107 cm³/mol. The molecule has 0 bridgehead atoms. The van der Waals surface area contributed by atoms with Gasteiger partial charge in [-0.1, -0.05) is 24.3 Å². The molecule has 2 aromatic carbocycles. The molecule has 3 aromatic rings. The Morgan fingerprint density at radius 3 is 2.68 bits per heavy atom. The Morgan fingerprint density at radius 1 is 1.16 bits per heavy atom. The number of aliphatic imine (C=N–C) groups is 1. The minimum Gasteiger partial charge on any atom is -0.544 e. The number of imidazole rings is 1. The van der Waals surface area contributed by atoms with Gasteiger partial charge in [-0.3, -0.25) is 4.99 Å². The Bertz CT molecular complexity index is 909. The van der Waals surface area contributed by atoms with Crippen molar-refractivity contribution in [2.45, 2.75) is 32.6 Å². The first-order valence-corrected chi connectivity index (χ1v) is 12.0. The highest BCUT2D eigenvalue weighted by molar-refractivity contribution is 6.70. The Labute approximate surface area is 150 Å². The van der Waals surface area contributed by atoms with E-state index in [1.54, 1.807) is 0 Å². The molecule has 0 amide bonds. The first-order chi connectivity index (χ1) is 11.8. The minimum atomic E-state index is -1.65. The van der Waals surface area contributed by atoms with Crippen LogP contribution in [0.4, 0.5) is 0 Å². The first-order valence-electron chi connectivity index (χ1n) is 8.56. The van der Waals surface area contributed by atoms with Crippen LogP contribution in [0, 0.1) is 0 Å². The SMILES string of the molecule is CC(/N=C/c1ccc2ncn(C)c2c1)c1ccccc1O[Si](C)(C)C. The summed E-state index contributed by atoms with van der Waals surface area (Å²) in [5, 5.41) is 0. The second-order valence-corrected chi connectivity index (χ2v) is 11.7. The average molecular weight is 352 g/mol. The molecular formula is C20H25N3OSi. The van der Waals surface area contributed by atoms with E-state index in [1.807, 2.05) is 48.4 Å². The molecule has 25 heavy (non-hydrogen) atoms. The van der Waals surface area contributed by atoms with Crippen molar-refractivity contribution in [1.29, 1.82) is 0 Å². The normalized spacial score (nSPS) is 13.5. The van der Waals surface area contributed by atoms with Gasteiger partial charge in [0.15, 0.2) is 0 Å². The van der Waals surface area contributed by atoms with Gasteiger partial charge >= 0.3 is 0 Å². The van der Waals surface area contributed by atoms with E-state index in [0.717, 1.165) is 27.9 Å². The predicted octanol–water partition coefficient (Wildman–Crippen LogP) is 4.97. The van der Waals surface area contributed by atoms with Gasteiger partial charge in [0.2, 0.25) is 8.32 Å². The molecule has 0 N–H and O–H groups in total. The monoisotopic (exact) mass is 351 g/mol. The van der Waals surface area contributed by atoms with Crippen molar-refractivity contribution in [2.24, 2.45) is 12.0 Å². The van der Waals surface area contributed by atoms with Gasteiger partial charge in [0.05, 0.1) is 23.4 Å². The molecule has 0 saturated carbocycles. The molecule has 1 atom stereocenters. The summed E-state index contributed by atoms with van der Waals surface area (Å²) in [5.41, 5.74) is 4.31. The second-order valence-electron chi connectivity index (χ2n) is 7.31. The zero-order chi connectivity index (χ0) is 18.0. The largest absolute Gasteiger partial charge is 0.544 e. The third kappa shape index (κ3) is 4.17. The molecule has 0 aliphatic carbocycles. The summed E-state index contributed by atoms with van der Waals surface area (Å²) in [6.45, 7) is 8.69. The molecule has 0 fully saturated rings. The number of nitrogens with zero attached hydrogens (tertiary/aromatic N) is 3. The minimum absolute atomic E-state index is 0.0368. The van der Waals surface area contributed by atoms with E-state index in [4.69, 9.17) is 9.42 Å². The molecule has 3 rings (SSSR count). The van der Waals surface area contributed by atoms with Crippen LogP contribution in [0.5, 0.6) is 5.75 Å². The van der Waals surface area contributed by atoms with E-state index >= 15 is 0 Å². The lowest BCUT2D eigenvalue weighted by atomic mass is 10.1. The topological polar surface area (TPSA) is 39.4 Å². The zero-order valence-electron chi connectivity index (χ0n) is 15.5. The fourth-order valence-corrected chi connectivity index (χ4v) is 3.60. The van der Waals surface area contributed by atoms with Crippen LogP contribution in [0.1, 0.15) is 24.1 Å². The molecule has 4 nitrogen and oxygen atoms in total. The van der Waals surface area contributed by atoms with E-state index in [9.17, 15) is 0 Å². The quantitative estimate of drug-likeness (QED) is 0.481. The summed E-state index contributed by atoms with van der Waals surface area (Å²) in [4.78, 5) is 9.11. The molecule has 5 heteroatoms. The number of aromatic nitrogens is 2. The molecule has 0 aliphatic rings. The van der Waals surface area contributed by atoms with E-state index in [1.165, 1.54) is 0 Å². The van der Waals surface area contributed by atoms with Crippen LogP contribution < -0.4 is 4.43 Å². The van der Waals surface area contributed by atoms with Gasteiger partial charge in [0.1, 0.15) is 5.75 Å². The van der Waals surface area contributed by atoms with Crippen LogP contribution in [0.15, 0.2) is 53.8 Å². The van der Waals surface area contributed by atoms with Crippen molar-refractivity contribution in [3.63, 3.8) is 0 Å². The van der Waals surface area contributed by atoms with E-state index < -0.39 is 8.32 Å². The Balaban J connectivity index is 1.84. The van der Waals surface area contributed by atoms with Crippen molar-refractivity contribution < 1.29 is 4.43 Å². The molecule has 1 unspecified atom stereocenters. The van der Waals surface area contributed by atoms with Crippen molar-refractivity contribution >= 4 is 25.6 Å². The third-order valence-electron chi connectivity index (χ3n) is 3.98. The highest BCUT2D eigenvalue weighted by Crippen LogP contribution is 2.29. The molecule has 1 aromatic heterocycles. The Hall–Kier alpha value is -2.40. The number of fused-ring (bicyclic) bond motifs is 1. The van der Waals surface area contributed by atoms with Gasteiger partial charge in [-0.2, -0.15) is 0 Å². The van der Waals surface area contributed by atoms with Crippen molar-refractivity contribution in [1.82, 2.24) is 9.55 Å². The Morgan fingerprint density at radius 2 is 1.92 bits per heavy atom. The van der Waals surface area contributed by atoms with Crippen LogP contribution in [0.2, 0.25) is 19.6 Å². The molecular weight excluding hydrogens is 326 g/mol. The first kappa shape index (κ1) is 17.4. The number of para-hydroxylation sites is 1. The van der Waals surface area contributed by atoms with E-state index in [-0.39, 0.29) is 6.04 Å². The molecule has 130 valence electrons. The third-order valence-corrected chi connectivity index (χ3v) is 4.81. The molecule has 0 saturated heterocycles. The maximum absolute atomic E-state index is 6.22. The van der Waals surface area contributed by atoms with Gasteiger partial charge in [-0.05, 0) is 50.3 Å². The van der Waals surface area contributed by atoms with Crippen LogP contribution in [0.25, 0.3) is 11.0 Å². The van der Waals surface area contributed by atoms with Crippen molar-refractivity contribution in [2.75, 3.05) is 0 Å². The van der Waals surface area contributed by atoms with Gasteiger partial charge in [-0.15, -0.1) is 0 Å². The number of rotatable bonds is 5. The summed E-state index contributed by atoms with van der Waals surface area (Å²) in [7, 11) is 0.350. The molecule has 1 heterocycles. The highest BCUT2D eigenvalue weighted by Gasteiger charge is 2.19.